The Morgan fingerprint density at radius 1 is 1.60 bits per heavy atom. The Labute approximate surface area is 61.3 Å². The Morgan fingerprint density at radius 3 is 2.50 bits per heavy atom. The maximum absolute atomic E-state index is 10.1. The molecule has 0 saturated carbocycles. The van der Waals surface area contributed by atoms with Gasteiger partial charge in [-0.3, -0.25) is 5.01 Å². The Balaban J connectivity index is 3.50. The third-order valence-electron chi connectivity index (χ3n) is 1.29. The first kappa shape index (κ1) is 9.36. The molecule has 4 heteroatoms. The third kappa shape index (κ3) is 3.40. The molecule has 4 nitrogen and oxygen atoms in total. The molecule has 0 radical (unpaired) electrons. The fourth-order valence-corrected chi connectivity index (χ4v) is 0.647. The van der Waals surface area contributed by atoms with E-state index < -0.39 is 0 Å². The fourth-order valence-electron chi connectivity index (χ4n) is 0.647. The fraction of sp³-hybridized carbons (Fsp3) is 1.00. The van der Waals surface area contributed by atoms with E-state index in [0.29, 0.717) is 13.1 Å². The van der Waals surface area contributed by atoms with Crippen molar-refractivity contribution in [1.82, 2.24) is 5.01 Å². The molecule has 0 unspecified atom stereocenters. The van der Waals surface area contributed by atoms with Gasteiger partial charge in [-0.2, -0.15) is 0 Å². The van der Waals surface area contributed by atoms with Crippen molar-refractivity contribution >= 4 is 0 Å². The lowest BCUT2D eigenvalue weighted by Crippen LogP contribution is -2.27. The van der Waals surface area contributed by atoms with Crippen LogP contribution in [0.15, 0.2) is 5.29 Å². The van der Waals surface area contributed by atoms with Crippen LogP contribution >= 0.6 is 0 Å². The lowest BCUT2D eigenvalue weighted by atomic mass is 10.3. The highest BCUT2D eigenvalue weighted by atomic mass is 16.3. The lowest BCUT2D eigenvalue weighted by Gasteiger charge is -2.18. The maximum atomic E-state index is 10.1. The molecule has 0 aromatic heterocycles. The van der Waals surface area contributed by atoms with Gasteiger partial charge in [-0.05, 0) is 26.8 Å². The van der Waals surface area contributed by atoms with Crippen LogP contribution in [0.4, 0.5) is 0 Å². The molecule has 0 amide bonds. The van der Waals surface area contributed by atoms with E-state index in [1.54, 1.807) is 0 Å². The SMILES string of the molecule is CC(C)N(CCCN)N=O. The normalized spacial score (nSPS) is 10.0. The van der Waals surface area contributed by atoms with Gasteiger partial charge < -0.3 is 5.73 Å². The van der Waals surface area contributed by atoms with Crippen LogP contribution in [-0.2, 0) is 0 Å². The summed E-state index contributed by atoms with van der Waals surface area (Å²) in [5.41, 5.74) is 5.26. The zero-order valence-corrected chi connectivity index (χ0v) is 6.58. The molecule has 0 aromatic rings. The van der Waals surface area contributed by atoms with Gasteiger partial charge in [0, 0.05) is 12.6 Å². The van der Waals surface area contributed by atoms with Gasteiger partial charge in [0.2, 0.25) is 0 Å². The smallest absolute Gasteiger partial charge is 0.0526 e. The van der Waals surface area contributed by atoms with Gasteiger partial charge in [0.25, 0.3) is 0 Å². The zero-order chi connectivity index (χ0) is 7.98. The van der Waals surface area contributed by atoms with Crippen LogP contribution in [0.25, 0.3) is 0 Å². The highest BCUT2D eigenvalue weighted by Crippen LogP contribution is 1.98. The summed E-state index contributed by atoms with van der Waals surface area (Å²) in [6, 6.07) is 0.184. The minimum Gasteiger partial charge on any atom is -0.330 e. The molecule has 0 aliphatic rings. The van der Waals surface area contributed by atoms with Gasteiger partial charge in [0.1, 0.15) is 0 Å². The summed E-state index contributed by atoms with van der Waals surface area (Å²) in [5.74, 6) is 0. The van der Waals surface area contributed by atoms with E-state index >= 15 is 0 Å². The average Bonchev–Trinajstić information content (AvgIpc) is 1.89. The predicted octanol–water partition coefficient (Wildman–Crippen LogP) is 0.727. The topological polar surface area (TPSA) is 58.7 Å². The molecular formula is C6H15N3O. The Morgan fingerprint density at radius 2 is 2.20 bits per heavy atom. The van der Waals surface area contributed by atoms with Gasteiger partial charge in [0.05, 0.1) is 5.29 Å². The molecule has 0 aliphatic carbocycles. The van der Waals surface area contributed by atoms with Gasteiger partial charge >= 0.3 is 0 Å². The van der Waals surface area contributed by atoms with Gasteiger partial charge in [-0.15, -0.1) is 4.91 Å². The van der Waals surface area contributed by atoms with Crippen LogP contribution in [0.1, 0.15) is 20.3 Å². The summed E-state index contributed by atoms with van der Waals surface area (Å²) >= 11 is 0. The maximum Gasteiger partial charge on any atom is 0.0526 e. The molecule has 60 valence electrons. The molecule has 0 rings (SSSR count). The van der Waals surface area contributed by atoms with E-state index in [4.69, 9.17) is 5.73 Å². The van der Waals surface area contributed by atoms with Gasteiger partial charge in [-0.1, -0.05) is 0 Å². The van der Waals surface area contributed by atoms with Crippen molar-refractivity contribution in [1.29, 1.82) is 0 Å². The monoisotopic (exact) mass is 145 g/mol. The number of rotatable bonds is 5. The van der Waals surface area contributed by atoms with Crippen LogP contribution in [0.5, 0.6) is 0 Å². The molecule has 0 aromatic carbocycles. The quantitative estimate of drug-likeness (QED) is 0.458. The summed E-state index contributed by atoms with van der Waals surface area (Å²) < 4.78 is 0. The highest BCUT2D eigenvalue weighted by molar-refractivity contribution is 4.56. The predicted molar refractivity (Wildman–Crippen MR) is 41.3 cm³/mol. The minimum absolute atomic E-state index is 0.184. The molecule has 0 spiro atoms. The van der Waals surface area contributed by atoms with Crippen LogP contribution in [0, 0.1) is 4.91 Å². The lowest BCUT2D eigenvalue weighted by molar-refractivity contribution is 0.227. The molecule has 0 fully saturated rings. The summed E-state index contributed by atoms with van der Waals surface area (Å²) in [5, 5.41) is 4.35. The van der Waals surface area contributed by atoms with Crippen LogP contribution < -0.4 is 5.73 Å². The second kappa shape index (κ2) is 5.17. The van der Waals surface area contributed by atoms with Crippen molar-refractivity contribution in [3.05, 3.63) is 4.91 Å². The van der Waals surface area contributed by atoms with E-state index in [9.17, 15) is 4.91 Å². The molecule has 0 bridgehead atoms. The Hall–Kier alpha value is -0.640. The van der Waals surface area contributed by atoms with Gasteiger partial charge in [0.15, 0.2) is 0 Å². The van der Waals surface area contributed by atoms with Crippen molar-refractivity contribution < 1.29 is 0 Å². The number of hydrogen-bond acceptors (Lipinski definition) is 3. The standard InChI is InChI=1S/C6H15N3O/c1-6(2)9(8-10)5-3-4-7/h6H,3-5,7H2,1-2H3. The van der Waals surface area contributed by atoms with E-state index in [0.717, 1.165) is 6.42 Å². The molecule has 10 heavy (non-hydrogen) atoms. The first-order chi connectivity index (χ1) is 4.72. The van der Waals surface area contributed by atoms with Crippen LogP contribution in [0.3, 0.4) is 0 Å². The second-order valence-corrected chi connectivity index (χ2v) is 2.48. The molecule has 2 N–H and O–H groups in total. The van der Waals surface area contributed by atoms with Crippen molar-refractivity contribution in [2.24, 2.45) is 11.0 Å². The summed E-state index contributed by atoms with van der Waals surface area (Å²) in [4.78, 5) is 10.1. The molecular weight excluding hydrogens is 130 g/mol. The van der Waals surface area contributed by atoms with E-state index in [-0.39, 0.29) is 6.04 Å². The summed E-state index contributed by atoms with van der Waals surface area (Å²) in [6.07, 6.45) is 0.823. The molecule has 0 saturated heterocycles. The Kier molecular flexibility index (Phi) is 4.84. The number of hydrogen-bond donors (Lipinski definition) is 1. The largest absolute Gasteiger partial charge is 0.330 e. The first-order valence-corrected chi connectivity index (χ1v) is 3.52. The van der Waals surface area contributed by atoms with E-state index in [1.807, 2.05) is 13.8 Å². The minimum atomic E-state index is 0.184. The van der Waals surface area contributed by atoms with Crippen molar-refractivity contribution in [2.75, 3.05) is 13.1 Å². The zero-order valence-electron chi connectivity index (χ0n) is 6.58. The second-order valence-electron chi connectivity index (χ2n) is 2.48. The number of nitrogens with zero attached hydrogens (tertiary/aromatic N) is 2. The number of nitrogens with two attached hydrogens (primary N) is 1. The molecule has 0 heterocycles. The average molecular weight is 145 g/mol. The first-order valence-electron chi connectivity index (χ1n) is 3.52. The van der Waals surface area contributed by atoms with E-state index in [1.165, 1.54) is 5.01 Å². The number of nitroso groups, excluding NO2 is 1. The highest BCUT2D eigenvalue weighted by Gasteiger charge is 2.05. The van der Waals surface area contributed by atoms with Gasteiger partial charge in [-0.25, -0.2) is 0 Å². The van der Waals surface area contributed by atoms with Crippen LogP contribution in [0.2, 0.25) is 0 Å². The van der Waals surface area contributed by atoms with Crippen molar-refractivity contribution in [3.63, 3.8) is 0 Å². The van der Waals surface area contributed by atoms with Crippen molar-refractivity contribution in [2.45, 2.75) is 26.3 Å². The Bertz CT molecular complexity index is 95.0. The molecule has 0 atom stereocenters. The van der Waals surface area contributed by atoms with Crippen LogP contribution in [-0.4, -0.2) is 24.1 Å². The van der Waals surface area contributed by atoms with Crippen molar-refractivity contribution in [3.8, 4) is 0 Å². The summed E-state index contributed by atoms with van der Waals surface area (Å²) in [6.45, 7) is 5.13. The summed E-state index contributed by atoms with van der Waals surface area (Å²) in [7, 11) is 0. The van der Waals surface area contributed by atoms with E-state index in [2.05, 4.69) is 5.29 Å². The molecule has 0 aliphatic heterocycles. The third-order valence-corrected chi connectivity index (χ3v) is 1.29.